The molecule has 0 saturated heterocycles. The minimum absolute atomic E-state index is 0.271. The van der Waals surface area contributed by atoms with E-state index in [2.05, 4.69) is 0 Å². The van der Waals surface area contributed by atoms with Gasteiger partial charge in [0.25, 0.3) is 0 Å². The molecule has 0 bridgehead atoms. The molecule has 0 saturated carbocycles. The third-order valence-corrected chi connectivity index (χ3v) is 2.15. The van der Waals surface area contributed by atoms with E-state index in [0.717, 1.165) is 0 Å². The molecule has 0 aromatic carbocycles. The summed E-state index contributed by atoms with van der Waals surface area (Å²) >= 11 is 0. The highest BCUT2D eigenvalue weighted by molar-refractivity contribution is 6.06. The van der Waals surface area contributed by atoms with Crippen molar-refractivity contribution in [3.05, 3.63) is 0 Å². The molecule has 0 spiro atoms. The van der Waals surface area contributed by atoms with Crippen LogP contribution >= 0.6 is 0 Å². The Morgan fingerprint density at radius 3 is 1.63 bits per heavy atom. The maximum Gasteiger partial charge on any atom is 0.400 e. The molecule has 6 nitrogen and oxygen atoms in total. The number of nitrogens with zero attached hydrogens (tertiary/aromatic N) is 2. The van der Waals surface area contributed by atoms with Gasteiger partial charge in [-0.25, -0.2) is 0 Å². The average molecular weight is 272 g/mol. The first-order valence-electron chi connectivity index (χ1n) is 5.49. The lowest BCUT2D eigenvalue weighted by Gasteiger charge is -2.16. The van der Waals surface area contributed by atoms with Crippen LogP contribution < -0.4 is 10.6 Å². The molecule has 0 aromatic heterocycles. The van der Waals surface area contributed by atoms with Crippen molar-refractivity contribution in [2.24, 2.45) is 11.8 Å². The molecule has 2 atom stereocenters. The molecule has 104 valence electrons. The predicted octanol–water partition coefficient (Wildman–Crippen LogP) is 0.173. The summed E-state index contributed by atoms with van der Waals surface area (Å²) in [5.41, 5.74) is 0. The normalized spacial score (nSPS) is 13.6. The van der Waals surface area contributed by atoms with Gasteiger partial charge in [0.15, 0.2) is 0 Å². The van der Waals surface area contributed by atoms with Crippen molar-refractivity contribution in [3.8, 4) is 12.1 Å². The number of nitriles is 2. The fraction of sp³-hybridized carbons (Fsp3) is 0.636. The predicted molar refractivity (Wildman–Crippen MR) is 60.5 cm³/mol. The second kappa shape index (κ2) is 7.27. The zero-order valence-corrected chi connectivity index (χ0v) is 10.5. The number of nitrogens with one attached hydrogen (secondary N) is 2. The van der Waals surface area contributed by atoms with Gasteiger partial charge in [0, 0.05) is 13.1 Å². The fourth-order valence-electron chi connectivity index (χ4n) is 0.908. The lowest BCUT2D eigenvalue weighted by atomic mass is 10.2. The van der Waals surface area contributed by atoms with Crippen molar-refractivity contribution in [2.75, 3.05) is 13.1 Å². The molecule has 0 rings (SSSR count). The zero-order valence-electron chi connectivity index (χ0n) is 10.5. The molecule has 0 unspecified atom stereocenters. The summed E-state index contributed by atoms with van der Waals surface area (Å²) in [6.45, 7) is 2.33. The number of carbonyl (C=O) groups excluding carboxylic acids is 2. The van der Waals surface area contributed by atoms with Crippen molar-refractivity contribution in [1.29, 1.82) is 10.5 Å². The highest BCUT2D eigenvalue weighted by Gasteiger charge is 2.47. The molecule has 0 aromatic rings. The number of halogens is 2. The van der Waals surface area contributed by atoms with Crippen molar-refractivity contribution in [1.82, 2.24) is 10.6 Å². The summed E-state index contributed by atoms with van der Waals surface area (Å²) in [7, 11) is 0. The quantitative estimate of drug-likeness (QED) is 0.672. The van der Waals surface area contributed by atoms with Gasteiger partial charge in [0.05, 0.1) is 24.0 Å². The molecule has 0 aliphatic carbocycles. The summed E-state index contributed by atoms with van der Waals surface area (Å²) in [6, 6.07) is 3.50. The molecule has 2 amide bonds. The van der Waals surface area contributed by atoms with Crippen LogP contribution in [0.25, 0.3) is 0 Å². The van der Waals surface area contributed by atoms with Gasteiger partial charge in [-0.3, -0.25) is 9.59 Å². The summed E-state index contributed by atoms with van der Waals surface area (Å²) in [5, 5.41) is 20.5. The third-order valence-electron chi connectivity index (χ3n) is 2.15. The lowest BCUT2D eigenvalue weighted by molar-refractivity contribution is -0.159. The van der Waals surface area contributed by atoms with E-state index in [9.17, 15) is 18.4 Å². The highest BCUT2D eigenvalue weighted by Crippen LogP contribution is 2.14. The van der Waals surface area contributed by atoms with Crippen LogP contribution in [-0.4, -0.2) is 30.8 Å². The Balaban J connectivity index is 4.43. The molecule has 19 heavy (non-hydrogen) atoms. The minimum atomic E-state index is -4.23. The van der Waals surface area contributed by atoms with Crippen LogP contribution in [0.2, 0.25) is 0 Å². The van der Waals surface area contributed by atoms with Crippen LogP contribution in [-0.2, 0) is 9.59 Å². The fourth-order valence-corrected chi connectivity index (χ4v) is 0.908. The van der Waals surface area contributed by atoms with Gasteiger partial charge < -0.3 is 10.6 Å². The second-order valence-corrected chi connectivity index (χ2v) is 4.05. The van der Waals surface area contributed by atoms with Crippen LogP contribution in [0.5, 0.6) is 0 Å². The maximum atomic E-state index is 13.3. The first-order valence-corrected chi connectivity index (χ1v) is 5.49. The van der Waals surface area contributed by atoms with Gasteiger partial charge in [-0.15, -0.1) is 0 Å². The number of carbonyl (C=O) groups is 2. The molecule has 0 aliphatic rings. The van der Waals surface area contributed by atoms with Crippen LogP contribution in [0, 0.1) is 34.5 Å². The molecular weight excluding hydrogens is 258 g/mol. The Morgan fingerprint density at radius 1 is 1.05 bits per heavy atom. The Morgan fingerprint density at radius 2 is 1.37 bits per heavy atom. The van der Waals surface area contributed by atoms with E-state index in [0.29, 0.717) is 0 Å². The Hall–Kier alpha value is -2.22. The Labute approximate surface area is 109 Å². The molecular formula is C11H14F2N4O2. The molecule has 0 radical (unpaired) electrons. The van der Waals surface area contributed by atoms with Gasteiger partial charge in [-0.2, -0.15) is 19.3 Å². The molecule has 0 heterocycles. The molecule has 0 aliphatic heterocycles. The monoisotopic (exact) mass is 272 g/mol. The largest absolute Gasteiger partial charge is 0.400 e. The van der Waals surface area contributed by atoms with Crippen LogP contribution in [0.15, 0.2) is 0 Å². The summed E-state index contributed by atoms with van der Waals surface area (Å²) in [5.74, 6) is -9.04. The van der Waals surface area contributed by atoms with Gasteiger partial charge >= 0.3 is 17.7 Å². The van der Waals surface area contributed by atoms with Crippen molar-refractivity contribution in [2.45, 2.75) is 19.8 Å². The first kappa shape index (κ1) is 16.8. The topological polar surface area (TPSA) is 106 Å². The van der Waals surface area contributed by atoms with Crippen LogP contribution in [0.1, 0.15) is 13.8 Å². The van der Waals surface area contributed by atoms with Crippen molar-refractivity contribution >= 4 is 11.8 Å². The number of alkyl halides is 2. The van der Waals surface area contributed by atoms with E-state index in [1.54, 1.807) is 12.1 Å². The third kappa shape index (κ3) is 5.30. The number of amides is 2. The average Bonchev–Trinajstić information content (AvgIpc) is 2.40. The Bertz CT molecular complexity index is 387. The minimum Gasteiger partial charge on any atom is -0.349 e. The van der Waals surface area contributed by atoms with Crippen LogP contribution in [0.3, 0.4) is 0 Å². The van der Waals surface area contributed by atoms with E-state index in [1.165, 1.54) is 13.8 Å². The number of hydrogen-bond acceptors (Lipinski definition) is 4. The van der Waals surface area contributed by atoms with E-state index in [4.69, 9.17) is 10.5 Å². The summed E-state index contributed by atoms with van der Waals surface area (Å²) in [4.78, 5) is 22.3. The highest BCUT2D eigenvalue weighted by atomic mass is 19.3. The van der Waals surface area contributed by atoms with Gasteiger partial charge in [0.2, 0.25) is 0 Å². The smallest absolute Gasteiger partial charge is 0.349 e. The lowest BCUT2D eigenvalue weighted by Crippen LogP contribution is -2.52. The van der Waals surface area contributed by atoms with Gasteiger partial charge in [0.1, 0.15) is 0 Å². The number of rotatable bonds is 6. The van der Waals surface area contributed by atoms with Gasteiger partial charge in [-0.1, -0.05) is 0 Å². The molecule has 2 N–H and O–H groups in total. The zero-order chi connectivity index (χ0) is 15.1. The first-order chi connectivity index (χ1) is 8.75. The van der Waals surface area contributed by atoms with E-state index in [1.807, 2.05) is 10.6 Å². The maximum absolute atomic E-state index is 13.3. The summed E-state index contributed by atoms with van der Waals surface area (Å²) in [6.07, 6.45) is 0. The molecule has 0 fully saturated rings. The van der Waals surface area contributed by atoms with Gasteiger partial charge in [-0.05, 0) is 13.8 Å². The molecule has 8 heteroatoms. The van der Waals surface area contributed by atoms with E-state index < -0.39 is 29.6 Å². The second-order valence-electron chi connectivity index (χ2n) is 4.05. The van der Waals surface area contributed by atoms with Crippen molar-refractivity contribution < 1.29 is 18.4 Å². The SMILES string of the molecule is C[C@@H](C#N)CNC(=O)C(F)(F)C(=O)NC[C@@H](C)C#N. The number of hydrogen-bond donors (Lipinski definition) is 2. The van der Waals surface area contributed by atoms with E-state index in [-0.39, 0.29) is 13.1 Å². The standard InChI is InChI=1S/C11H14F2N4O2/c1-7(3-14)5-16-9(18)11(12,13)10(19)17-6-8(2)4-15/h7-8H,5-6H2,1-2H3,(H,16,18)(H,17,19)/t7-,8-/m0/s1. The van der Waals surface area contributed by atoms with Crippen LogP contribution in [0.4, 0.5) is 8.78 Å². The Kier molecular flexibility index (Phi) is 6.42. The van der Waals surface area contributed by atoms with E-state index >= 15 is 0 Å². The summed E-state index contributed by atoms with van der Waals surface area (Å²) < 4.78 is 26.7. The van der Waals surface area contributed by atoms with Crippen molar-refractivity contribution in [3.63, 3.8) is 0 Å².